The van der Waals surface area contributed by atoms with Crippen LogP contribution in [0.1, 0.15) is 24.0 Å². The van der Waals surface area contributed by atoms with Crippen molar-refractivity contribution in [3.05, 3.63) is 53.8 Å². The summed E-state index contributed by atoms with van der Waals surface area (Å²) in [7, 11) is 3.02. The maximum absolute atomic E-state index is 12.7. The summed E-state index contributed by atoms with van der Waals surface area (Å²) in [5.41, 5.74) is 2.75. The van der Waals surface area contributed by atoms with E-state index in [4.69, 9.17) is 9.57 Å². The number of fused-ring (bicyclic) bond motifs is 3. The zero-order valence-corrected chi connectivity index (χ0v) is 15.6. The highest BCUT2D eigenvalue weighted by molar-refractivity contribution is 5.94. The zero-order valence-electron chi connectivity index (χ0n) is 15.6. The number of esters is 1. The average molecular weight is 364 g/mol. The Balaban J connectivity index is 1.72. The lowest BCUT2D eigenvalue weighted by Gasteiger charge is -2.29. The summed E-state index contributed by atoms with van der Waals surface area (Å²) in [6.07, 6.45) is 14.9. The Morgan fingerprint density at radius 1 is 1.37 bits per heavy atom. The molecule has 2 aromatic rings. The van der Waals surface area contributed by atoms with Crippen molar-refractivity contribution in [2.45, 2.75) is 19.3 Å². The van der Waals surface area contributed by atoms with Crippen LogP contribution in [-0.4, -0.2) is 31.4 Å². The van der Waals surface area contributed by atoms with E-state index in [2.05, 4.69) is 46.6 Å². The summed E-state index contributed by atoms with van der Waals surface area (Å²) in [6.45, 7) is 0. The number of rotatable bonds is 6. The maximum Gasteiger partial charge on any atom is 0.316 e. The normalized spacial score (nSPS) is 26.6. The number of oxime groups is 1. The Bertz CT molecular complexity index is 940. The van der Waals surface area contributed by atoms with Crippen LogP contribution >= 0.6 is 0 Å². The Labute approximate surface area is 158 Å². The number of carbonyl (C=O) groups is 1. The van der Waals surface area contributed by atoms with Gasteiger partial charge in [-0.25, -0.2) is 0 Å². The summed E-state index contributed by atoms with van der Waals surface area (Å²) < 4.78 is 5.18. The van der Waals surface area contributed by atoms with E-state index in [0.29, 0.717) is 12.3 Å². The number of benzene rings is 1. The van der Waals surface area contributed by atoms with Crippen molar-refractivity contribution >= 4 is 29.2 Å². The van der Waals surface area contributed by atoms with Gasteiger partial charge in [-0.2, -0.15) is 0 Å². The molecule has 2 bridgehead atoms. The van der Waals surface area contributed by atoms with E-state index < -0.39 is 5.41 Å². The predicted molar refractivity (Wildman–Crippen MR) is 106 cm³/mol. The number of aromatic amines is 1. The van der Waals surface area contributed by atoms with Gasteiger partial charge in [-0.3, -0.25) is 4.79 Å². The van der Waals surface area contributed by atoms with Crippen LogP contribution in [0.15, 0.2) is 47.8 Å². The van der Waals surface area contributed by atoms with Crippen molar-refractivity contribution in [1.82, 2.24) is 4.98 Å². The van der Waals surface area contributed by atoms with E-state index in [1.807, 2.05) is 12.3 Å². The Morgan fingerprint density at radius 2 is 2.26 bits per heavy atom. The lowest BCUT2D eigenvalue weighted by molar-refractivity contribution is -0.151. The van der Waals surface area contributed by atoms with Gasteiger partial charge in [-0.15, -0.1) is 0 Å². The topological polar surface area (TPSA) is 63.7 Å². The molecule has 1 saturated carbocycles. The third-order valence-electron chi connectivity index (χ3n) is 5.87. The van der Waals surface area contributed by atoms with Crippen molar-refractivity contribution < 1.29 is 14.4 Å². The smallest absolute Gasteiger partial charge is 0.316 e. The minimum Gasteiger partial charge on any atom is -0.468 e. The lowest BCUT2D eigenvalue weighted by atomic mass is 9.75. The minimum absolute atomic E-state index is 0.135. The maximum atomic E-state index is 12.7. The molecule has 5 heteroatoms. The fourth-order valence-corrected chi connectivity index (χ4v) is 4.61. The first-order chi connectivity index (χ1) is 13.2. The Morgan fingerprint density at radius 3 is 2.96 bits per heavy atom. The van der Waals surface area contributed by atoms with Gasteiger partial charge in [-0.1, -0.05) is 41.6 Å². The number of hydrogen-bond acceptors (Lipinski definition) is 4. The SMILES string of the molecule is CO/N=C/Cc1c[nH]c2cccc(/C=C/[C@]3(C(=O)OC)C[C@H]4C=C[C@@H]3C4)c12. The summed E-state index contributed by atoms with van der Waals surface area (Å²) in [4.78, 5) is 20.7. The molecule has 2 aliphatic rings. The molecule has 0 unspecified atom stereocenters. The van der Waals surface area contributed by atoms with E-state index in [1.165, 1.54) is 14.2 Å². The van der Waals surface area contributed by atoms with Gasteiger partial charge in [0.1, 0.15) is 7.11 Å². The number of ether oxygens (including phenoxy) is 1. The number of allylic oxidation sites excluding steroid dienone is 2. The Kier molecular flexibility index (Phi) is 4.60. The molecular formula is C22H24N2O3. The van der Waals surface area contributed by atoms with Crippen molar-refractivity contribution in [1.29, 1.82) is 0 Å². The molecule has 0 radical (unpaired) electrons. The highest BCUT2D eigenvalue weighted by Gasteiger charge is 2.52. The zero-order chi connectivity index (χ0) is 18.9. The molecule has 5 nitrogen and oxygen atoms in total. The lowest BCUT2D eigenvalue weighted by Crippen LogP contribution is -2.34. The highest BCUT2D eigenvalue weighted by Crippen LogP contribution is 2.54. The first kappa shape index (κ1) is 17.6. The average Bonchev–Trinajstić information content (AvgIpc) is 3.41. The van der Waals surface area contributed by atoms with Crippen LogP contribution in [-0.2, 0) is 20.8 Å². The van der Waals surface area contributed by atoms with Crippen molar-refractivity contribution in [2.75, 3.05) is 14.2 Å². The summed E-state index contributed by atoms with van der Waals surface area (Å²) in [5, 5.41) is 4.99. The molecule has 1 fully saturated rings. The van der Waals surface area contributed by atoms with Crippen molar-refractivity contribution in [2.24, 2.45) is 22.4 Å². The van der Waals surface area contributed by atoms with Crippen LogP contribution in [0.2, 0.25) is 0 Å². The van der Waals surface area contributed by atoms with Crippen LogP contribution in [0.3, 0.4) is 0 Å². The predicted octanol–water partition coefficient (Wildman–Crippen LogP) is 4.11. The van der Waals surface area contributed by atoms with Gasteiger partial charge in [0.05, 0.1) is 12.5 Å². The molecule has 3 atom stereocenters. The number of aromatic nitrogens is 1. The summed E-state index contributed by atoms with van der Waals surface area (Å²) in [5.74, 6) is 0.567. The van der Waals surface area contributed by atoms with Crippen LogP contribution in [0.25, 0.3) is 17.0 Å². The molecule has 0 aliphatic heterocycles. The molecule has 0 amide bonds. The van der Waals surface area contributed by atoms with Gasteiger partial charge < -0.3 is 14.6 Å². The molecule has 0 spiro atoms. The molecule has 2 aliphatic carbocycles. The van der Waals surface area contributed by atoms with Gasteiger partial charge >= 0.3 is 5.97 Å². The molecule has 140 valence electrons. The molecule has 1 aromatic carbocycles. The van der Waals surface area contributed by atoms with E-state index >= 15 is 0 Å². The second kappa shape index (κ2) is 7.06. The van der Waals surface area contributed by atoms with Gasteiger partial charge in [0, 0.05) is 29.7 Å². The fourth-order valence-electron chi connectivity index (χ4n) is 4.61. The van der Waals surface area contributed by atoms with E-state index in [9.17, 15) is 4.79 Å². The van der Waals surface area contributed by atoms with Gasteiger partial charge in [0.2, 0.25) is 0 Å². The quantitative estimate of drug-likeness (QED) is 0.363. The second-order valence-corrected chi connectivity index (χ2v) is 7.31. The molecule has 0 saturated heterocycles. The number of carbonyl (C=O) groups excluding carboxylic acids is 1. The number of methoxy groups -OCH3 is 1. The summed E-state index contributed by atoms with van der Waals surface area (Å²) >= 11 is 0. The highest BCUT2D eigenvalue weighted by atomic mass is 16.6. The minimum atomic E-state index is -0.551. The Hall–Kier alpha value is -2.82. The molecule has 1 heterocycles. The molecule has 1 aromatic heterocycles. The monoisotopic (exact) mass is 364 g/mol. The van der Waals surface area contributed by atoms with Crippen LogP contribution in [0, 0.1) is 17.3 Å². The van der Waals surface area contributed by atoms with Gasteiger partial charge in [0.15, 0.2) is 0 Å². The number of hydrogen-bond donors (Lipinski definition) is 1. The molecular weight excluding hydrogens is 340 g/mol. The van der Waals surface area contributed by atoms with Gasteiger partial charge in [0.25, 0.3) is 0 Å². The second-order valence-electron chi connectivity index (χ2n) is 7.31. The molecule has 1 N–H and O–H groups in total. The summed E-state index contributed by atoms with van der Waals surface area (Å²) in [6, 6.07) is 6.16. The van der Waals surface area contributed by atoms with E-state index in [-0.39, 0.29) is 11.9 Å². The number of nitrogens with one attached hydrogen (secondary N) is 1. The van der Waals surface area contributed by atoms with Crippen LogP contribution in [0.5, 0.6) is 0 Å². The fraction of sp³-hybridized carbons (Fsp3) is 0.364. The molecule has 4 rings (SSSR count). The van der Waals surface area contributed by atoms with E-state index in [0.717, 1.165) is 34.9 Å². The van der Waals surface area contributed by atoms with Gasteiger partial charge in [-0.05, 0) is 41.9 Å². The van der Waals surface area contributed by atoms with Crippen LogP contribution in [0.4, 0.5) is 0 Å². The third kappa shape index (κ3) is 2.97. The largest absolute Gasteiger partial charge is 0.468 e. The number of H-pyrrole nitrogens is 1. The van der Waals surface area contributed by atoms with E-state index in [1.54, 1.807) is 6.21 Å². The molecule has 27 heavy (non-hydrogen) atoms. The van der Waals surface area contributed by atoms with Crippen molar-refractivity contribution in [3.8, 4) is 0 Å². The first-order valence-electron chi connectivity index (χ1n) is 9.28. The van der Waals surface area contributed by atoms with Crippen molar-refractivity contribution in [3.63, 3.8) is 0 Å². The van der Waals surface area contributed by atoms with Crippen LogP contribution < -0.4 is 0 Å². The third-order valence-corrected chi connectivity index (χ3v) is 5.87. The number of nitrogens with zero attached hydrogens (tertiary/aromatic N) is 1. The first-order valence-corrected chi connectivity index (χ1v) is 9.28. The standard InChI is InChI=1S/C22H24N2O3/c1-26-21(25)22(13-15-6-7-18(22)12-15)10-8-16-4-3-5-19-20(16)17(14-23-19)9-11-24-27-2/h3-8,10-11,14-15,18,23H,9,12-13H2,1-2H3/b10-8+,24-11+/t15-,18+,22-/m0/s1.